The predicted octanol–water partition coefficient (Wildman–Crippen LogP) is 3.69. The van der Waals surface area contributed by atoms with E-state index >= 15 is 0 Å². The van der Waals surface area contributed by atoms with Crippen LogP contribution >= 0.6 is 0 Å². The van der Waals surface area contributed by atoms with E-state index < -0.39 is 5.97 Å². The molecular weight excluding hydrogens is 252 g/mol. The van der Waals surface area contributed by atoms with Crippen LogP contribution in [0.5, 0.6) is 0 Å². The summed E-state index contributed by atoms with van der Waals surface area (Å²) in [5, 5.41) is 9.09. The second kappa shape index (κ2) is 4.93. The van der Waals surface area contributed by atoms with Gasteiger partial charge in [0.25, 0.3) is 0 Å². The maximum absolute atomic E-state index is 11.1. The van der Waals surface area contributed by atoms with Crippen LogP contribution in [0.4, 0.5) is 0 Å². The second-order valence-electron chi connectivity index (χ2n) is 6.70. The van der Waals surface area contributed by atoms with Crippen molar-refractivity contribution < 1.29 is 9.90 Å². The van der Waals surface area contributed by atoms with Crippen LogP contribution in [0, 0.1) is 5.92 Å². The van der Waals surface area contributed by atoms with Gasteiger partial charge in [-0.05, 0) is 24.1 Å². The number of fused-ring (bicyclic) bond motifs is 1. The van der Waals surface area contributed by atoms with Crippen LogP contribution in [0.3, 0.4) is 0 Å². The van der Waals surface area contributed by atoms with Crippen molar-refractivity contribution in [2.75, 3.05) is 0 Å². The van der Waals surface area contributed by atoms with Crippen molar-refractivity contribution in [3.63, 3.8) is 0 Å². The molecular formula is C16H22N2O2. The minimum absolute atomic E-state index is 0.0721. The third kappa shape index (κ3) is 2.69. The van der Waals surface area contributed by atoms with Crippen molar-refractivity contribution in [3.05, 3.63) is 29.6 Å². The average molecular weight is 274 g/mol. The Hall–Kier alpha value is -1.84. The number of hydrogen-bond donors (Lipinski definition) is 1. The number of rotatable bonds is 3. The number of carboxylic acids is 1. The molecule has 0 aliphatic carbocycles. The summed E-state index contributed by atoms with van der Waals surface area (Å²) in [7, 11) is 0. The van der Waals surface area contributed by atoms with Crippen LogP contribution < -0.4 is 0 Å². The molecule has 2 rings (SSSR count). The summed E-state index contributed by atoms with van der Waals surface area (Å²) in [5.74, 6) is 0.596. The number of imidazole rings is 1. The summed E-state index contributed by atoms with van der Waals surface area (Å²) in [6.45, 7) is 11.6. The van der Waals surface area contributed by atoms with Gasteiger partial charge in [-0.2, -0.15) is 0 Å². The largest absolute Gasteiger partial charge is 0.478 e. The van der Waals surface area contributed by atoms with Gasteiger partial charge in [0.05, 0.1) is 16.6 Å². The van der Waals surface area contributed by atoms with Crippen LogP contribution in [0.2, 0.25) is 0 Å². The highest BCUT2D eigenvalue weighted by atomic mass is 16.4. The topological polar surface area (TPSA) is 55.1 Å². The van der Waals surface area contributed by atoms with E-state index in [4.69, 9.17) is 5.11 Å². The van der Waals surface area contributed by atoms with Gasteiger partial charge in [-0.3, -0.25) is 0 Å². The molecule has 1 aromatic carbocycles. The molecule has 0 atom stereocenters. The maximum atomic E-state index is 11.1. The van der Waals surface area contributed by atoms with E-state index in [1.54, 1.807) is 12.1 Å². The number of carboxylic acid groups (broad SMARTS) is 1. The van der Waals surface area contributed by atoms with Gasteiger partial charge < -0.3 is 9.67 Å². The van der Waals surface area contributed by atoms with Gasteiger partial charge in [-0.25, -0.2) is 9.78 Å². The Bertz CT molecular complexity index is 648. The minimum Gasteiger partial charge on any atom is -0.478 e. The summed E-state index contributed by atoms with van der Waals surface area (Å²) >= 11 is 0. The van der Waals surface area contributed by atoms with Crippen molar-refractivity contribution in [2.45, 2.75) is 46.6 Å². The fourth-order valence-corrected chi connectivity index (χ4v) is 2.39. The van der Waals surface area contributed by atoms with E-state index in [0.29, 0.717) is 5.92 Å². The van der Waals surface area contributed by atoms with Crippen molar-refractivity contribution in [2.24, 2.45) is 5.92 Å². The Morgan fingerprint density at radius 3 is 2.50 bits per heavy atom. The fourth-order valence-electron chi connectivity index (χ4n) is 2.39. The lowest BCUT2D eigenvalue weighted by atomic mass is 9.95. The molecule has 4 heteroatoms. The molecule has 0 spiro atoms. The SMILES string of the molecule is CC(C)Cn1c(C(C)(C)C)nc2cc(C(=O)O)ccc21. The molecule has 1 aromatic heterocycles. The Morgan fingerprint density at radius 2 is 2.00 bits per heavy atom. The van der Waals surface area contributed by atoms with Gasteiger partial charge in [0.15, 0.2) is 0 Å². The van der Waals surface area contributed by atoms with Crippen LogP contribution in [0.1, 0.15) is 50.8 Å². The molecule has 0 radical (unpaired) electrons. The van der Waals surface area contributed by atoms with E-state index in [1.807, 2.05) is 6.07 Å². The first-order valence-electron chi connectivity index (χ1n) is 6.94. The standard InChI is InChI=1S/C16H22N2O2/c1-10(2)9-18-13-7-6-11(14(19)20)8-12(13)17-15(18)16(3,4)5/h6-8,10H,9H2,1-5H3,(H,19,20). The molecule has 0 saturated heterocycles. The first-order chi connectivity index (χ1) is 9.20. The molecule has 0 aliphatic rings. The number of hydrogen-bond acceptors (Lipinski definition) is 2. The van der Waals surface area contributed by atoms with Crippen molar-refractivity contribution in [3.8, 4) is 0 Å². The number of carbonyl (C=O) groups is 1. The van der Waals surface area contributed by atoms with E-state index in [0.717, 1.165) is 23.4 Å². The number of aromatic nitrogens is 2. The molecule has 0 amide bonds. The third-order valence-electron chi connectivity index (χ3n) is 3.21. The van der Waals surface area contributed by atoms with Crippen LogP contribution in [-0.2, 0) is 12.0 Å². The van der Waals surface area contributed by atoms with Gasteiger partial charge >= 0.3 is 5.97 Å². The van der Waals surface area contributed by atoms with Crippen LogP contribution in [-0.4, -0.2) is 20.6 Å². The van der Waals surface area contributed by atoms with Crippen LogP contribution in [0.25, 0.3) is 11.0 Å². The zero-order chi connectivity index (χ0) is 15.1. The van der Waals surface area contributed by atoms with E-state index in [1.165, 1.54) is 0 Å². The van der Waals surface area contributed by atoms with E-state index in [-0.39, 0.29) is 11.0 Å². The van der Waals surface area contributed by atoms with Gasteiger partial charge in [0.1, 0.15) is 5.82 Å². The highest BCUT2D eigenvalue weighted by molar-refractivity contribution is 5.92. The quantitative estimate of drug-likeness (QED) is 0.928. The lowest BCUT2D eigenvalue weighted by molar-refractivity contribution is 0.0697. The zero-order valence-corrected chi connectivity index (χ0v) is 12.8. The van der Waals surface area contributed by atoms with Crippen LogP contribution in [0.15, 0.2) is 18.2 Å². The van der Waals surface area contributed by atoms with Gasteiger partial charge in [-0.1, -0.05) is 34.6 Å². The number of aromatic carboxylic acids is 1. The first kappa shape index (κ1) is 14.6. The molecule has 1 heterocycles. The number of nitrogens with zero attached hydrogens (tertiary/aromatic N) is 2. The van der Waals surface area contributed by atoms with Crippen molar-refractivity contribution in [1.29, 1.82) is 0 Å². The molecule has 0 bridgehead atoms. The summed E-state index contributed by atoms with van der Waals surface area (Å²) in [6.07, 6.45) is 0. The molecule has 108 valence electrons. The van der Waals surface area contributed by atoms with E-state index in [9.17, 15) is 4.79 Å². The highest BCUT2D eigenvalue weighted by Crippen LogP contribution is 2.27. The average Bonchev–Trinajstić information content (AvgIpc) is 2.66. The van der Waals surface area contributed by atoms with Crippen molar-refractivity contribution in [1.82, 2.24) is 9.55 Å². The third-order valence-corrected chi connectivity index (χ3v) is 3.21. The lowest BCUT2D eigenvalue weighted by Gasteiger charge is -2.21. The number of benzene rings is 1. The Labute approximate surface area is 119 Å². The zero-order valence-electron chi connectivity index (χ0n) is 12.8. The molecule has 1 N–H and O–H groups in total. The first-order valence-corrected chi connectivity index (χ1v) is 6.94. The molecule has 0 fully saturated rings. The lowest BCUT2D eigenvalue weighted by Crippen LogP contribution is -2.20. The summed E-state index contributed by atoms with van der Waals surface area (Å²) in [6, 6.07) is 5.17. The molecule has 2 aromatic rings. The minimum atomic E-state index is -0.914. The maximum Gasteiger partial charge on any atom is 0.335 e. The fraction of sp³-hybridized carbons (Fsp3) is 0.500. The van der Waals surface area contributed by atoms with Crippen molar-refractivity contribution >= 4 is 17.0 Å². The molecule has 0 unspecified atom stereocenters. The molecule has 4 nitrogen and oxygen atoms in total. The summed E-state index contributed by atoms with van der Waals surface area (Å²) in [5.41, 5.74) is 1.98. The molecule has 0 aliphatic heterocycles. The normalized spacial score (nSPS) is 12.3. The smallest absolute Gasteiger partial charge is 0.335 e. The molecule has 20 heavy (non-hydrogen) atoms. The Morgan fingerprint density at radius 1 is 1.35 bits per heavy atom. The summed E-state index contributed by atoms with van der Waals surface area (Å²) < 4.78 is 2.21. The van der Waals surface area contributed by atoms with Gasteiger partial charge in [0.2, 0.25) is 0 Å². The monoisotopic (exact) mass is 274 g/mol. The molecule has 0 saturated carbocycles. The highest BCUT2D eigenvalue weighted by Gasteiger charge is 2.23. The second-order valence-corrected chi connectivity index (χ2v) is 6.70. The van der Waals surface area contributed by atoms with Gasteiger partial charge in [-0.15, -0.1) is 0 Å². The predicted molar refractivity (Wildman–Crippen MR) is 80.2 cm³/mol. The Kier molecular flexibility index (Phi) is 3.59. The Balaban J connectivity index is 2.68. The summed E-state index contributed by atoms with van der Waals surface area (Å²) in [4.78, 5) is 15.8. The van der Waals surface area contributed by atoms with Gasteiger partial charge in [0, 0.05) is 12.0 Å². The van der Waals surface area contributed by atoms with E-state index in [2.05, 4.69) is 44.2 Å².